The van der Waals surface area contributed by atoms with Crippen molar-refractivity contribution in [1.82, 2.24) is 24.6 Å². The Hall–Kier alpha value is -2.54. The molecule has 0 fully saturated rings. The summed E-state index contributed by atoms with van der Waals surface area (Å²) in [6.07, 6.45) is 3.30. The summed E-state index contributed by atoms with van der Waals surface area (Å²) in [5.74, 6) is 0.519. The summed E-state index contributed by atoms with van der Waals surface area (Å²) in [7, 11) is 1.59. The third kappa shape index (κ3) is 2.00. The van der Waals surface area contributed by atoms with Crippen molar-refractivity contribution in [3.8, 4) is 11.4 Å². The number of fused-ring (bicyclic) bond motifs is 1. The van der Waals surface area contributed by atoms with Crippen molar-refractivity contribution in [3.05, 3.63) is 46.8 Å². The molecule has 0 saturated heterocycles. The minimum Gasteiger partial charge on any atom is -0.378 e. The Kier molecular flexibility index (Phi) is 2.81. The minimum absolute atomic E-state index is 0.321. The summed E-state index contributed by atoms with van der Waals surface area (Å²) in [6.45, 7) is 0.357. The van der Waals surface area contributed by atoms with Gasteiger partial charge in [0.1, 0.15) is 5.82 Å². The number of aromatic amines is 1. The molecule has 3 aromatic rings. The lowest BCUT2D eigenvalue weighted by Gasteiger charge is -2.06. The maximum absolute atomic E-state index is 11.8. The summed E-state index contributed by atoms with van der Waals surface area (Å²) in [4.78, 5) is 20.2. The molecular formula is C12H11N5O2. The monoisotopic (exact) mass is 257 g/mol. The molecule has 0 unspecified atom stereocenters. The number of nitrogens with zero attached hydrogens (tertiary/aromatic N) is 4. The highest BCUT2D eigenvalue weighted by Gasteiger charge is 2.11. The van der Waals surface area contributed by atoms with Crippen LogP contribution in [0.5, 0.6) is 0 Å². The third-order valence-corrected chi connectivity index (χ3v) is 2.69. The van der Waals surface area contributed by atoms with Gasteiger partial charge >= 0.3 is 5.69 Å². The number of ether oxygens (including phenoxy) is 1. The van der Waals surface area contributed by atoms with Gasteiger partial charge in [0.15, 0.2) is 5.65 Å². The number of hydrogen-bond donors (Lipinski definition) is 1. The zero-order valence-corrected chi connectivity index (χ0v) is 10.2. The van der Waals surface area contributed by atoms with E-state index in [-0.39, 0.29) is 5.69 Å². The lowest BCUT2D eigenvalue weighted by atomic mass is 10.2. The second kappa shape index (κ2) is 4.62. The van der Waals surface area contributed by atoms with Crippen molar-refractivity contribution in [2.75, 3.05) is 7.11 Å². The molecule has 3 heterocycles. The fourth-order valence-electron chi connectivity index (χ4n) is 1.89. The molecular weight excluding hydrogens is 246 g/mol. The van der Waals surface area contributed by atoms with Gasteiger partial charge in [0.05, 0.1) is 12.3 Å². The van der Waals surface area contributed by atoms with Crippen LogP contribution in [0, 0.1) is 0 Å². The highest BCUT2D eigenvalue weighted by Crippen LogP contribution is 2.17. The topological polar surface area (TPSA) is 85.2 Å². The van der Waals surface area contributed by atoms with Crippen LogP contribution in [0.2, 0.25) is 0 Å². The first-order valence-electron chi connectivity index (χ1n) is 5.66. The van der Waals surface area contributed by atoms with Crippen molar-refractivity contribution in [2.24, 2.45) is 0 Å². The zero-order chi connectivity index (χ0) is 13.2. The molecule has 0 aromatic carbocycles. The van der Waals surface area contributed by atoms with Gasteiger partial charge in [0, 0.05) is 31.1 Å². The summed E-state index contributed by atoms with van der Waals surface area (Å²) >= 11 is 0. The Bertz CT molecular complexity index is 763. The molecule has 96 valence electrons. The largest absolute Gasteiger partial charge is 0.378 e. The number of rotatable bonds is 3. The number of H-pyrrole nitrogens is 1. The predicted octanol–water partition coefficient (Wildman–Crippen LogP) is 0.626. The van der Waals surface area contributed by atoms with E-state index in [1.807, 2.05) is 0 Å². The Morgan fingerprint density at radius 3 is 2.89 bits per heavy atom. The maximum atomic E-state index is 11.8. The smallest absolute Gasteiger partial charge is 0.349 e. The van der Waals surface area contributed by atoms with Crippen LogP contribution < -0.4 is 5.69 Å². The fourth-order valence-corrected chi connectivity index (χ4v) is 1.89. The van der Waals surface area contributed by atoms with E-state index in [1.165, 1.54) is 4.40 Å². The molecule has 0 saturated carbocycles. The molecule has 0 spiro atoms. The number of hydrogen-bond acceptors (Lipinski definition) is 5. The summed E-state index contributed by atoms with van der Waals surface area (Å²) < 4.78 is 6.50. The van der Waals surface area contributed by atoms with Gasteiger partial charge in [-0.3, -0.25) is 4.98 Å². The van der Waals surface area contributed by atoms with Crippen LogP contribution >= 0.6 is 0 Å². The second-order valence-corrected chi connectivity index (χ2v) is 3.96. The Morgan fingerprint density at radius 2 is 2.16 bits per heavy atom. The summed E-state index contributed by atoms with van der Waals surface area (Å²) in [5, 5.41) is 6.38. The van der Waals surface area contributed by atoms with Crippen molar-refractivity contribution in [1.29, 1.82) is 0 Å². The van der Waals surface area contributed by atoms with E-state index in [0.29, 0.717) is 23.8 Å². The van der Waals surface area contributed by atoms with Crippen LogP contribution in [-0.4, -0.2) is 31.7 Å². The lowest BCUT2D eigenvalue weighted by molar-refractivity contribution is 0.181. The molecule has 19 heavy (non-hydrogen) atoms. The van der Waals surface area contributed by atoms with E-state index in [1.54, 1.807) is 37.7 Å². The Balaban J connectivity index is 2.31. The average molecular weight is 257 g/mol. The minimum atomic E-state index is -0.321. The van der Waals surface area contributed by atoms with Gasteiger partial charge in [0.2, 0.25) is 0 Å². The summed E-state index contributed by atoms with van der Waals surface area (Å²) in [6, 6.07) is 5.29. The first-order chi connectivity index (χ1) is 9.29. The molecule has 0 amide bonds. The van der Waals surface area contributed by atoms with Crippen LogP contribution in [0.25, 0.3) is 17.0 Å². The quantitative estimate of drug-likeness (QED) is 0.743. The van der Waals surface area contributed by atoms with E-state index in [4.69, 9.17) is 4.74 Å². The van der Waals surface area contributed by atoms with Gasteiger partial charge in [0.25, 0.3) is 0 Å². The number of aromatic nitrogens is 5. The standard InChI is InChI=1S/C12H11N5O2/c1-19-7-9-6-10-15-16-12(18)17(10)11(14-9)8-2-4-13-5-3-8/h2-6H,7H2,1H3,(H,16,18). The highest BCUT2D eigenvalue weighted by molar-refractivity contribution is 5.58. The van der Waals surface area contributed by atoms with Gasteiger partial charge < -0.3 is 4.74 Å². The molecule has 0 aliphatic heterocycles. The zero-order valence-electron chi connectivity index (χ0n) is 10.2. The lowest BCUT2D eigenvalue weighted by Crippen LogP contribution is -2.13. The maximum Gasteiger partial charge on any atom is 0.349 e. The number of nitrogens with one attached hydrogen (secondary N) is 1. The average Bonchev–Trinajstić information content (AvgIpc) is 2.81. The molecule has 3 rings (SSSR count). The SMILES string of the molecule is COCc1cc2n[nH]c(=O)n2c(-c2ccncc2)n1. The normalized spacial score (nSPS) is 11.0. The van der Waals surface area contributed by atoms with Crippen molar-refractivity contribution in [3.63, 3.8) is 0 Å². The first kappa shape index (κ1) is 11.5. The van der Waals surface area contributed by atoms with E-state index >= 15 is 0 Å². The fraction of sp³-hybridized carbons (Fsp3) is 0.167. The highest BCUT2D eigenvalue weighted by atomic mass is 16.5. The van der Waals surface area contributed by atoms with Crippen LogP contribution in [0.15, 0.2) is 35.4 Å². The van der Waals surface area contributed by atoms with E-state index in [0.717, 1.165) is 5.56 Å². The van der Waals surface area contributed by atoms with Gasteiger partial charge in [-0.15, -0.1) is 0 Å². The van der Waals surface area contributed by atoms with E-state index < -0.39 is 0 Å². The van der Waals surface area contributed by atoms with Crippen molar-refractivity contribution >= 4 is 5.65 Å². The van der Waals surface area contributed by atoms with Crippen LogP contribution in [0.4, 0.5) is 0 Å². The van der Waals surface area contributed by atoms with Gasteiger partial charge in [-0.2, -0.15) is 5.10 Å². The number of methoxy groups -OCH3 is 1. The van der Waals surface area contributed by atoms with Crippen LogP contribution in [0.3, 0.4) is 0 Å². The predicted molar refractivity (Wildman–Crippen MR) is 67.6 cm³/mol. The molecule has 1 N–H and O–H groups in total. The van der Waals surface area contributed by atoms with E-state index in [2.05, 4.69) is 20.2 Å². The molecule has 0 bridgehead atoms. The molecule has 3 aromatic heterocycles. The molecule has 7 heteroatoms. The molecule has 0 radical (unpaired) electrons. The van der Waals surface area contributed by atoms with Crippen LogP contribution in [-0.2, 0) is 11.3 Å². The van der Waals surface area contributed by atoms with Crippen molar-refractivity contribution in [2.45, 2.75) is 6.61 Å². The molecule has 0 atom stereocenters. The summed E-state index contributed by atoms with van der Waals surface area (Å²) in [5.41, 5.74) is 1.69. The van der Waals surface area contributed by atoms with Gasteiger partial charge in [-0.1, -0.05) is 0 Å². The number of pyridine rings is 1. The van der Waals surface area contributed by atoms with Crippen molar-refractivity contribution < 1.29 is 4.74 Å². The first-order valence-corrected chi connectivity index (χ1v) is 5.66. The molecule has 0 aliphatic carbocycles. The molecule has 7 nitrogen and oxygen atoms in total. The van der Waals surface area contributed by atoms with Crippen LogP contribution in [0.1, 0.15) is 5.69 Å². The Morgan fingerprint density at radius 1 is 1.37 bits per heavy atom. The van der Waals surface area contributed by atoms with Gasteiger partial charge in [-0.25, -0.2) is 19.3 Å². The molecule has 0 aliphatic rings. The Labute approximate surface area is 107 Å². The van der Waals surface area contributed by atoms with Gasteiger partial charge in [-0.05, 0) is 12.1 Å². The second-order valence-electron chi connectivity index (χ2n) is 3.96. The van der Waals surface area contributed by atoms with E-state index in [9.17, 15) is 4.79 Å². The third-order valence-electron chi connectivity index (χ3n) is 2.69.